The number of H-pyrrole nitrogens is 1. The Hall–Kier alpha value is -4.39. The van der Waals surface area contributed by atoms with Gasteiger partial charge in [-0.1, -0.05) is 6.92 Å². The molecule has 0 aliphatic carbocycles. The topological polar surface area (TPSA) is 191 Å². The number of hydrogen-bond acceptors (Lipinski definition) is 11. The Morgan fingerprint density at radius 2 is 1.81 bits per heavy atom. The van der Waals surface area contributed by atoms with Crippen molar-refractivity contribution in [3.05, 3.63) is 52.1 Å². The monoisotopic (exact) mass is 581 g/mol. The van der Waals surface area contributed by atoms with Crippen LogP contribution in [0.25, 0.3) is 11.2 Å². The van der Waals surface area contributed by atoms with Gasteiger partial charge >= 0.3 is 5.97 Å². The van der Waals surface area contributed by atoms with Crippen LogP contribution in [-0.4, -0.2) is 62.5 Å². The van der Waals surface area contributed by atoms with Gasteiger partial charge in [0.15, 0.2) is 11.2 Å². The van der Waals surface area contributed by atoms with Crippen LogP contribution in [0, 0.1) is 0 Å². The van der Waals surface area contributed by atoms with Gasteiger partial charge in [0.2, 0.25) is 5.95 Å². The van der Waals surface area contributed by atoms with Crippen molar-refractivity contribution in [2.45, 2.75) is 78.0 Å². The van der Waals surface area contributed by atoms with Gasteiger partial charge in [-0.25, -0.2) is 14.8 Å². The summed E-state index contributed by atoms with van der Waals surface area (Å²) in [5.74, 6) is -1.11. The zero-order valence-corrected chi connectivity index (χ0v) is 24.5. The molecule has 0 unspecified atom stereocenters. The first-order valence-corrected chi connectivity index (χ1v) is 13.9. The molecule has 2 aromatic heterocycles. The third-order valence-electron chi connectivity index (χ3n) is 5.91. The molecule has 42 heavy (non-hydrogen) atoms. The Morgan fingerprint density at radius 1 is 1.07 bits per heavy atom. The van der Waals surface area contributed by atoms with E-state index in [0.29, 0.717) is 43.0 Å². The maximum atomic E-state index is 13.0. The first kappa shape index (κ1) is 32.1. The number of fused-ring (bicyclic) bond motifs is 1. The number of nitrogen functional groups attached to an aromatic ring is 1. The molecular formula is C29H39N7O6. The minimum Gasteiger partial charge on any atom is -0.458 e. The van der Waals surface area contributed by atoms with Crippen molar-refractivity contribution in [2.24, 2.45) is 0 Å². The SMILES string of the molecule is CCCOCCCC(=O)CC[C@H](NC(=O)c1ccc(NCc2cnc3nc(N)[nH]c(=O)c3n2)cc1)C(=O)OC(C)(C)C. The zero-order valence-electron chi connectivity index (χ0n) is 24.5. The van der Waals surface area contributed by atoms with Crippen molar-refractivity contribution in [3.8, 4) is 0 Å². The molecule has 0 saturated carbocycles. The molecule has 1 aromatic carbocycles. The van der Waals surface area contributed by atoms with Crippen LogP contribution in [0.1, 0.15) is 75.9 Å². The van der Waals surface area contributed by atoms with E-state index < -0.39 is 29.1 Å². The van der Waals surface area contributed by atoms with Crippen LogP contribution in [-0.2, 0) is 25.6 Å². The van der Waals surface area contributed by atoms with Crippen LogP contribution in [0.15, 0.2) is 35.3 Å². The van der Waals surface area contributed by atoms with E-state index in [0.717, 1.165) is 6.42 Å². The fourth-order valence-corrected chi connectivity index (χ4v) is 3.90. The lowest BCUT2D eigenvalue weighted by Crippen LogP contribution is -2.44. The number of ether oxygens (including phenoxy) is 2. The summed E-state index contributed by atoms with van der Waals surface area (Å²) < 4.78 is 10.9. The number of aromatic amines is 1. The standard InChI is InChI=1S/C29H39N7O6/c1-5-14-41-15-6-7-21(37)12-13-22(27(40)42-29(2,3)4)34-25(38)18-8-10-19(11-9-18)31-16-20-17-32-24-23(33-20)26(39)36-28(30)35-24/h8-11,17,22,31H,5-7,12-16H2,1-4H3,(H,34,38)(H3,30,32,35,36,39)/t22-/m0/s1. The van der Waals surface area contributed by atoms with E-state index in [-0.39, 0.29) is 42.3 Å². The predicted molar refractivity (Wildman–Crippen MR) is 158 cm³/mol. The number of esters is 1. The molecule has 0 spiro atoms. The van der Waals surface area contributed by atoms with Crippen LogP contribution in [0.4, 0.5) is 11.6 Å². The molecule has 3 aromatic rings. The summed E-state index contributed by atoms with van der Waals surface area (Å²) in [5, 5.41) is 5.88. The molecule has 0 fully saturated rings. The fourth-order valence-electron chi connectivity index (χ4n) is 3.90. The van der Waals surface area contributed by atoms with Gasteiger partial charge in [0.05, 0.1) is 18.4 Å². The Morgan fingerprint density at radius 3 is 2.50 bits per heavy atom. The molecule has 226 valence electrons. The zero-order chi connectivity index (χ0) is 30.7. The van der Waals surface area contributed by atoms with Gasteiger partial charge in [0.25, 0.3) is 11.5 Å². The third kappa shape index (κ3) is 10.2. The number of benzene rings is 1. The Bertz CT molecular complexity index is 1430. The summed E-state index contributed by atoms with van der Waals surface area (Å²) in [6, 6.07) is 5.63. The Labute approximate surface area is 244 Å². The first-order chi connectivity index (χ1) is 19.9. The van der Waals surface area contributed by atoms with Crippen molar-refractivity contribution in [1.29, 1.82) is 0 Å². The second kappa shape index (κ2) is 15.0. The van der Waals surface area contributed by atoms with Gasteiger partial charge in [-0.3, -0.25) is 19.4 Å². The molecule has 1 atom stereocenters. The summed E-state index contributed by atoms with van der Waals surface area (Å²) in [4.78, 5) is 65.1. The van der Waals surface area contributed by atoms with E-state index in [1.165, 1.54) is 6.20 Å². The average molecular weight is 582 g/mol. The molecule has 3 rings (SSSR count). The number of Topliss-reactive ketones (excluding diaryl/α,β-unsaturated/α-hetero) is 1. The molecule has 5 N–H and O–H groups in total. The summed E-state index contributed by atoms with van der Waals surface area (Å²) in [7, 11) is 0. The van der Waals surface area contributed by atoms with Crippen LogP contribution in [0.2, 0.25) is 0 Å². The van der Waals surface area contributed by atoms with Gasteiger partial charge < -0.3 is 25.8 Å². The van der Waals surface area contributed by atoms with Crippen LogP contribution in [0.3, 0.4) is 0 Å². The second-order valence-electron chi connectivity index (χ2n) is 10.8. The molecule has 0 bridgehead atoms. The van der Waals surface area contributed by atoms with Gasteiger partial charge in [-0.15, -0.1) is 0 Å². The number of carbonyl (C=O) groups excluding carboxylic acids is 3. The van der Waals surface area contributed by atoms with E-state index in [1.54, 1.807) is 45.0 Å². The number of anilines is 2. The lowest BCUT2D eigenvalue weighted by atomic mass is 10.0. The maximum Gasteiger partial charge on any atom is 0.329 e. The van der Waals surface area contributed by atoms with Gasteiger partial charge in [0.1, 0.15) is 17.4 Å². The van der Waals surface area contributed by atoms with Gasteiger partial charge in [0, 0.05) is 37.3 Å². The number of rotatable bonds is 15. The lowest BCUT2D eigenvalue weighted by Gasteiger charge is -2.24. The van der Waals surface area contributed by atoms with E-state index in [4.69, 9.17) is 15.2 Å². The number of nitrogens with one attached hydrogen (secondary N) is 3. The lowest BCUT2D eigenvalue weighted by molar-refractivity contribution is -0.157. The van der Waals surface area contributed by atoms with E-state index in [2.05, 4.69) is 30.6 Å². The molecule has 1 amide bonds. The van der Waals surface area contributed by atoms with Crippen LogP contribution >= 0.6 is 0 Å². The first-order valence-electron chi connectivity index (χ1n) is 13.9. The highest BCUT2D eigenvalue weighted by Gasteiger charge is 2.27. The van der Waals surface area contributed by atoms with Crippen molar-refractivity contribution in [1.82, 2.24) is 25.3 Å². The highest BCUT2D eigenvalue weighted by atomic mass is 16.6. The number of hydrogen-bond donors (Lipinski definition) is 4. The molecule has 0 saturated heterocycles. The van der Waals surface area contributed by atoms with E-state index >= 15 is 0 Å². The smallest absolute Gasteiger partial charge is 0.329 e. The summed E-state index contributed by atoms with van der Waals surface area (Å²) in [6.07, 6.45) is 3.63. The number of nitrogens with two attached hydrogens (primary N) is 1. The van der Waals surface area contributed by atoms with E-state index in [9.17, 15) is 19.2 Å². The van der Waals surface area contributed by atoms with Crippen LogP contribution < -0.4 is 21.9 Å². The fraction of sp³-hybridized carbons (Fsp3) is 0.483. The number of carbonyl (C=O) groups is 3. The maximum absolute atomic E-state index is 13.0. The van der Waals surface area contributed by atoms with Crippen molar-refractivity contribution >= 4 is 40.5 Å². The quantitative estimate of drug-likeness (QED) is 0.152. The summed E-state index contributed by atoms with van der Waals surface area (Å²) in [5.41, 5.74) is 6.07. The molecule has 13 heteroatoms. The number of ketones is 1. The number of nitrogens with zero attached hydrogens (tertiary/aromatic N) is 3. The third-order valence-corrected chi connectivity index (χ3v) is 5.91. The van der Waals surface area contributed by atoms with Crippen molar-refractivity contribution in [3.63, 3.8) is 0 Å². The molecular weight excluding hydrogens is 542 g/mol. The van der Waals surface area contributed by atoms with Crippen LogP contribution in [0.5, 0.6) is 0 Å². The van der Waals surface area contributed by atoms with Gasteiger partial charge in [-0.2, -0.15) is 4.98 Å². The molecule has 13 nitrogen and oxygen atoms in total. The average Bonchev–Trinajstić information content (AvgIpc) is 2.93. The second-order valence-corrected chi connectivity index (χ2v) is 10.8. The normalized spacial score (nSPS) is 12.1. The van der Waals surface area contributed by atoms with Crippen molar-refractivity contribution < 1.29 is 23.9 Å². The molecule has 0 radical (unpaired) electrons. The van der Waals surface area contributed by atoms with E-state index in [1.807, 2.05) is 6.92 Å². The van der Waals surface area contributed by atoms with Gasteiger partial charge in [-0.05, 0) is 64.3 Å². The highest BCUT2D eigenvalue weighted by Crippen LogP contribution is 2.15. The Balaban J connectivity index is 1.58. The molecule has 0 aliphatic heterocycles. The minimum atomic E-state index is -0.978. The number of amides is 1. The largest absolute Gasteiger partial charge is 0.458 e. The van der Waals surface area contributed by atoms with Crippen molar-refractivity contribution in [2.75, 3.05) is 24.3 Å². The molecule has 2 heterocycles. The summed E-state index contributed by atoms with van der Waals surface area (Å²) >= 11 is 0. The Kier molecular flexibility index (Phi) is 11.5. The predicted octanol–water partition coefficient (Wildman–Crippen LogP) is 2.90. The number of aromatic nitrogens is 4. The summed E-state index contributed by atoms with van der Waals surface area (Å²) in [6.45, 7) is 8.68. The highest BCUT2D eigenvalue weighted by molar-refractivity contribution is 5.97. The minimum absolute atomic E-state index is 0.00515. The molecule has 0 aliphatic rings.